The number of nitrogens with one attached hydrogen (secondary N) is 1. The first-order valence-electron chi connectivity index (χ1n) is 11.3. The predicted molar refractivity (Wildman–Crippen MR) is 137 cm³/mol. The summed E-state index contributed by atoms with van der Waals surface area (Å²) < 4.78 is 13.1. The number of aryl methyl sites for hydroxylation is 1. The smallest absolute Gasteiger partial charge is 0.262 e. The maximum absolute atomic E-state index is 13.1. The van der Waals surface area contributed by atoms with E-state index in [0.717, 1.165) is 22.4 Å². The first-order chi connectivity index (χ1) is 17.0. The van der Waals surface area contributed by atoms with Gasteiger partial charge in [0.25, 0.3) is 5.91 Å². The molecule has 0 spiro atoms. The zero-order chi connectivity index (χ0) is 24.4. The second-order valence-corrected chi connectivity index (χ2v) is 9.66. The first-order valence-corrected chi connectivity index (χ1v) is 12.2. The normalized spacial score (nSPS) is 19.5. The van der Waals surface area contributed by atoms with Gasteiger partial charge in [0.1, 0.15) is 11.1 Å². The van der Waals surface area contributed by atoms with Gasteiger partial charge in [-0.1, -0.05) is 71.9 Å². The van der Waals surface area contributed by atoms with Crippen LogP contribution < -0.4 is 5.32 Å². The molecule has 1 N–H and O–H groups in total. The molecule has 3 aromatic rings. The molecule has 0 radical (unpaired) electrons. The van der Waals surface area contributed by atoms with Gasteiger partial charge >= 0.3 is 0 Å². The van der Waals surface area contributed by atoms with Gasteiger partial charge in [0.2, 0.25) is 5.91 Å². The van der Waals surface area contributed by atoms with Gasteiger partial charge in [-0.15, -0.1) is 0 Å². The van der Waals surface area contributed by atoms with Crippen LogP contribution in [0.1, 0.15) is 35.6 Å². The summed E-state index contributed by atoms with van der Waals surface area (Å²) in [5, 5.41) is 9.23. The Kier molecular flexibility index (Phi) is 6.46. The molecule has 8 heteroatoms. The Morgan fingerprint density at radius 1 is 1.06 bits per heavy atom. The minimum atomic E-state index is -0.639. The van der Waals surface area contributed by atoms with Crippen molar-refractivity contribution in [2.45, 2.75) is 31.1 Å². The fourth-order valence-electron chi connectivity index (χ4n) is 4.06. The van der Waals surface area contributed by atoms with E-state index in [9.17, 15) is 14.0 Å². The van der Waals surface area contributed by atoms with Crippen LogP contribution in [0.2, 0.25) is 0 Å². The van der Waals surface area contributed by atoms with Crippen molar-refractivity contribution >= 4 is 40.1 Å². The van der Waals surface area contributed by atoms with Crippen LogP contribution >= 0.6 is 11.8 Å². The molecule has 6 nitrogen and oxygen atoms in total. The van der Waals surface area contributed by atoms with Crippen LogP contribution in [0.25, 0.3) is 0 Å². The van der Waals surface area contributed by atoms with Crippen molar-refractivity contribution in [3.63, 3.8) is 0 Å². The Labute approximate surface area is 207 Å². The molecule has 2 aliphatic heterocycles. The number of benzene rings is 3. The highest BCUT2D eigenvalue weighted by atomic mass is 32.2. The zero-order valence-electron chi connectivity index (χ0n) is 19.0. The molecule has 2 heterocycles. The number of carbonyl (C=O) groups excluding carboxylic acids is 2. The van der Waals surface area contributed by atoms with Gasteiger partial charge in [-0.3, -0.25) is 9.59 Å². The van der Waals surface area contributed by atoms with Gasteiger partial charge < -0.3 is 5.32 Å². The standard InChI is InChI=1S/C27H23FN4O2S/c1-17-7-9-19(10-8-17)23-15-22(18-5-3-2-4-6-18)31-32(23)27-30-26(34)24(35-27)16-25(33)29-21-13-11-20(28)12-14-21/h2-14,23-24H,15-16H2,1H3,(H,29,33)/t23-,24-/m1/s1. The van der Waals surface area contributed by atoms with Gasteiger partial charge in [-0.25, -0.2) is 9.40 Å². The maximum Gasteiger partial charge on any atom is 0.262 e. The van der Waals surface area contributed by atoms with Crippen molar-refractivity contribution in [1.29, 1.82) is 0 Å². The van der Waals surface area contributed by atoms with E-state index in [4.69, 9.17) is 5.10 Å². The summed E-state index contributed by atoms with van der Waals surface area (Å²) in [5.41, 5.74) is 4.67. The molecule has 0 fully saturated rings. The molecule has 35 heavy (non-hydrogen) atoms. The third-order valence-electron chi connectivity index (χ3n) is 5.90. The highest BCUT2D eigenvalue weighted by Gasteiger charge is 2.39. The third kappa shape index (κ3) is 5.17. The van der Waals surface area contributed by atoms with Crippen molar-refractivity contribution in [3.05, 3.63) is 101 Å². The molecule has 3 aromatic carbocycles. The largest absolute Gasteiger partial charge is 0.326 e. The number of hydrazone groups is 1. The molecular formula is C27H23FN4O2S. The zero-order valence-corrected chi connectivity index (χ0v) is 19.8. The van der Waals surface area contributed by atoms with Crippen molar-refractivity contribution in [1.82, 2.24) is 5.01 Å². The molecule has 0 saturated heterocycles. The number of carbonyl (C=O) groups is 2. The second-order valence-electron chi connectivity index (χ2n) is 8.49. The number of amidine groups is 1. The summed E-state index contributed by atoms with van der Waals surface area (Å²) in [7, 11) is 0. The average Bonchev–Trinajstić information content (AvgIpc) is 3.46. The van der Waals surface area contributed by atoms with E-state index in [0.29, 0.717) is 17.3 Å². The third-order valence-corrected chi connectivity index (χ3v) is 7.05. The highest BCUT2D eigenvalue weighted by molar-refractivity contribution is 8.15. The Balaban J connectivity index is 1.34. The minimum Gasteiger partial charge on any atom is -0.326 e. The van der Waals surface area contributed by atoms with E-state index >= 15 is 0 Å². The predicted octanol–water partition coefficient (Wildman–Crippen LogP) is 5.31. The van der Waals surface area contributed by atoms with Crippen molar-refractivity contribution < 1.29 is 14.0 Å². The lowest BCUT2D eigenvalue weighted by atomic mass is 9.98. The quantitative estimate of drug-likeness (QED) is 0.530. The summed E-state index contributed by atoms with van der Waals surface area (Å²) in [6.45, 7) is 2.04. The van der Waals surface area contributed by atoms with Crippen LogP contribution in [0.15, 0.2) is 89.0 Å². The van der Waals surface area contributed by atoms with Crippen LogP contribution in [0.4, 0.5) is 10.1 Å². The van der Waals surface area contributed by atoms with Gasteiger partial charge in [-0.05, 0) is 42.3 Å². The lowest BCUT2D eigenvalue weighted by Crippen LogP contribution is -2.25. The minimum absolute atomic E-state index is 0.0355. The molecule has 0 bridgehead atoms. The lowest BCUT2D eigenvalue weighted by molar-refractivity contribution is -0.121. The molecular weight excluding hydrogens is 463 g/mol. The van der Waals surface area contributed by atoms with Gasteiger partial charge in [0.05, 0.1) is 11.8 Å². The van der Waals surface area contributed by atoms with Crippen LogP contribution in [0, 0.1) is 12.7 Å². The molecule has 2 amide bonds. The monoisotopic (exact) mass is 486 g/mol. The number of anilines is 1. The molecule has 0 aromatic heterocycles. The molecule has 0 aliphatic carbocycles. The number of amides is 2. The number of nitrogens with zero attached hydrogens (tertiary/aromatic N) is 3. The van der Waals surface area contributed by atoms with E-state index in [1.54, 1.807) is 0 Å². The SMILES string of the molecule is Cc1ccc([C@H]2CC(c3ccccc3)=NN2C2=NC(=O)[C@@H](CC(=O)Nc3ccc(F)cc3)S2)cc1. The molecule has 0 saturated carbocycles. The van der Waals surface area contributed by atoms with Crippen LogP contribution in [-0.4, -0.2) is 33.0 Å². The number of hydrogen-bond acceptors (Lipinski definition) is 5. The Morgan fingerprint density at radius 2 is 1.77 bits per heavy atom. The molecule has 0 unspecified atom stereocenters. The molecule has 5 rings (SSSR count). The van der Waals surface area contributed by atoms with Crippen molar-refractivity contribution in [2.75, 3.05) is 5.32 Å². The number of thioether (sulfide) groups is 1. The Morgan fingerprint density at radius 3 is 2.49 bits per heavy atom. The molecule has 2 atom stereocenters. The summed E-state index contributed by atoms with van der Waals surface area (Å²) in [6, 6.07) is 23.6. The van der Waals surface area contributed by atoms with E-state index in [-0.39, 0.29) is 30.1 Å². The topological polar surface area (TPSA) is 74.1 Å². The van der Waals surface area contributed by atoms with E-state index in [1.807, 2.05) is 42.3 Å². The van der Waals surface area contributed by atoms with E-state index in [1.165, 1.54) is 36.0 Å². The summed E-state index contributed by atoms with van der Waals surface area (Å²) in [4.78, 5) is 29.5. The van der Waals surface area contributed by atoms with Crippen LogP contribution in [0.5, 0.6) is 0 Å². The summed E-state index contributed by atoms with van der Waals surface area (Å²) in [6.07, 6.45) is 0.642. The van der Waals surface area contributed by atoms with Crippen LogP contribution in [-0.2, 0) is 9.59 Å². The number of halogens is 1. The number of hydrogen-bond donors (Lipinski definition) is 1. The average molecular weight is 487 g/mol. The Hall–Kier alpha value is -3.78. The van der Waals surface area contributed by atoms with Gasteiger partial charge in [0, 0.05) is 18.5 Å². The maximum atomic E-state index is 13.1. The highest BCUT2D eigenvalue weighted by Crippen LogP contribution is 2.38. The number of rotatable bonds is 5. The molecule has 176 valence electrons. The van der Waals surface area contributed by atoms with E-state index < -0.39 is 5.25 Å². The molecule has 2 aliphatic rings. The number of aliphatic imine (C=N–C) groups is 1. The summed E-state index contributed by atoms with van der Waals surface area (Å²) in [5.74, 6) is -1.07. The van der Waals surface area contributed by atoms with Gasteiger partial charge in [-0.2, -0.15) is 10.1 Å². The van der Waals surface area contributed by atoms with E-state index in [2.05, 4.69) is 34.6 Å². The van der Waals surface area contributed by atoms with Crippen LogP contribution in [0.3, 0.4) is 0 Å². The fraction of sp³-hybridized carbons (Fsp3) is 0.185. The Bertz CT molecular complexity index is 1310. The van der Waals surface area contributed by atoms with Gasteiger partial charge in [0.15, 0.2) is 5.17 Å². The second kappa shape index (κ2) is 9.84. The van der Waals surface area contributed by atoms with Crippen molar-refractivity contribution in [2.24, 2.45) is 10.1 Å². The van der Waals surface area contributed by atoms with Crippen molar-refractivity contribution in [3.8, 4) is 0 Å². The summed E-state index contributed by atoms with van der Waals surface area (Å²) >= 11 is 1.25. The lowest BCUT2D eigenvalue weighted by Gasteiger charge is -2.23. The first kappa shape index (κ1) is 23.0. The fourth-order valence-corrected chi connectivity index (χ4v) is 5.12.